The zero-order valence-electron chi connectivity index (χ0n) is 12.8. The molecule has 1 aromatic heterocycles. The molecule has 8 heteroatoms. The third-order valence-corrected chi connectivity index (χ3v) is 4.41. The first-order valence-corrected chi connectivity index (χ1v) is 7.35. The van der Waals surface area contributed by atoms with E-state index < -0.39 is 29.6 Å². The fourth-order valence-corrected chi connectivity index (χ4v) is 3.11. The minimum atomic E-state index is -2.85. The number of nitrogens with one attached hydrogen (secondary N) is 1. The molecule has 0 aliphatic heterocycles. The molecule has 0 saturated heterocycles. The largest absolute Gasteiger partial charge is 0.496 e. The van der Waals surface area contributed by atoms with Crippen LogP contribution in [0.1, 0.15) is 34.8 Å². The number of methoxy groups -OCH3 is 1. The predicted octanol–water partition coefficient (Wildman–Crippen LogP) is 2.49. The lowest BCUT2D eigenvalue weighted by Crippen LogP contribution is -2.20. The van der Waals surface area contributed by atoms with Gasteiger partial charge in [-0.1, -0.05) is 6.07 Å². The Labute approximate surface area is 135 Å². The second kappa shape index (κ2) is 5.47. The number of carboxylic acid groups (broad SMARTS) is 1. The number of hydrogen-bond donors (Lipinski definition) is 3. The number of halogens is 2. The van der Waals surface area contributed by atoms with Gasteiger partial charge in [0.05, 0.1) is 18.5 Å². The van der Waals surface area contributed by atoms with Crippen LogP contribution in [-0.2, 0) is 4.79 Å². The maximum absolute atomic E-state index is 13.3. The number of aromatic nitrogens is 1. The van der Waals surface area contributed by atoms with E-state index in [-0.39, 0.29) is 24.1 Å². The normalized spacial score (nSPS) is 19.9. The van der Waals surface area contributed by atoms with Crippen molar-refractivity contribution in [3.63, 3.8) is 0 Å². The Morgan fingerprint density at radius 2 is 2.17 bits per heavy atom. The van der Waals surface area contributed by atoms with E-state index in [9.17, 15) is 23.5 Å². The molecule has 0 radical (unpaired) electrons. The maximum Gasteiger partial charge on any atom is 0.311 e. The summed E-state index contributed by atoms with van der Waals surface area (Å²) in [5, 5.41) is 9.95. The van der Waals surface area contributed by atoms with Crippen LogP contribution in [0.5, 0.6) is 5.75 Å². The topological polar surface area (TPSA) is 105 Å². The van der Waals surface area contributed by atoms with Crippen LogP contribution < -0.4 is 10.5 Å². The number of aliphatic carboxylic acids is 1. The smallest absolute Gasteiger partial charge is 0.311 e. The number of aromatic amines is 1. The van der Waals surface area contributed by atoms with E-state index in [0.717, 1.165) is 0 Å². The summed E-state index contributed by atoms with van der Waals surface area (Å²) in [6.07, 6.45) is -0.615. The molecule has 1 aliphatic rings. The molecule has 1 fully saturated rings. The van der Waals surface area contributed by atoms with Gasteiger partial charge in [-0.05, 0) is 18.6 Å². The monoisotopic (exact) mass is 338 g/mol. The maximum atomic E-state index is 13.3. The summed E-state index contributed by atoms with van der Waals surface area (Å²) >= 11 is 0. The van der Waals surface area contributed by atoms with Gasteiger partial charge in [0.1, 0.15) is 11.4 Å². The molecule has 24 heavy (non-hydrogen) atoms. The summed E-state index contributed by atoms with van der Waals surface area (Å²) in [7, 11) is 1.40. The van der Waals surface area contributed by atoms with Gasteiger partial charge in [-0.25, -0.2) is 8.78 Å². The van der Waals surface area contributed by atoms with E-state index >= 15 is 0 Å². The number of alkyl halides is 2. The van der Waals surface area contributed by atoms with Crippen molar-refractivity contribution in [3.05, 3.63) is 29.5 Å². The minimum Gasteiger partial charge on any atom is -0.496 e. The minimum absolute atomic E-state index is 0.0918. The summed E-state index contributed by atoms with van der Waals surface area (Å²) in [6, 6.07) is 4.91. The molecular formula is C16H16F2N2O4. The zero-order valence-corrected chi connectivity index (χ0v) is 12.8. The first-order valence-electron chi connectivity index (χ1n) is 7.35. The molecule has 2 atom stereocenters. The molecule has 1 aromatic carbocycles. The van der Waals surface area contributed by atoms with Crippen molar-refractivity contribution >= 4 is 22.8 Å². The number of carbonyl (C=O) groups is 2. The van der Waals surface area contributed by atoms with Gasteiger partial charge in [0, 0.05) is 23.3 Å². The van der Waals surface area contributed by atoms with E-state index in [1.54, 1.807) is 18.2 Å². The molecule has 3 rings (SSSR count). The van der Waals surface area contributed by atoms with E-state index in [1.165, 1.54) is 7.11 Å². The summed E-state index contributed by atoms with van der Waals surface area (Å²) in [4.78, 5) is 26.3. The van der Waals surface area contributed by atoms with Crippen molar-refractivity contribution in [2.24, 2.45) is 11.7 Å². The molecule has 2 aromatic rings. The number of amides is 1. The van der Waals surface area contributed by atoms with Crippen LogP contribution in [0.3, 0.4) is 0 Å². The van der Waals surface area contributed by atoms with Crippen LogP contribution in [0.15, 0.2) is 18.2 Å². The third-order valence-electron chi connectivity index (χ3n) is 4.41. The highest BCUT2D eigenvalue weighted by molar-refractivity contribution is 6.04. The van der Waals surface area contributed by atoms with Gasteiger partial charge in [-0.2, -0.15) is 0 Å². The number of hydrogen-bond acceptors (Lipinski definition) is 3. The Hall–Kier alpha value is -2.64. The van der Waals surface area contributed by atoms with Crippen LogP contribution in [0.4, 0.5) is 8.78 Å². The third kappa shape index (κ3) is 2.57. The van der Waals surface area contributed by atoms with Crippen molar-refractivity contribution in [2.75, 3.05) is 7.11 Å². The number of fused-ring (bicyclic) bond motifs is 1. The number of rotatable bonds is 6. The molecule has 1 saturated carbocycles. The molecule has 1 aliphatic carbocycles. The lowest BCUT2D eigenvalue weighted by molar-refractivity contribution is -0.139. The first kappa shape index (κ1) is 16.2. The first-order chi connectivity index (χ1) is 11.3. The van der Waals surface area contributed by atoms with Crippen LogP contribution >= 0.6 is 0 Å². The Morgan fingerprint density at radius 3 is 2.67 bits per heavy atom. The lowest BCUT2D eigenvalue weighted by Gasteiger charge is -2.14. The summed E-state index contributed by atoms with van der Waals surface area (Å²) in [6.45, 7) is 0. The van der Waals surface area contributed by atoms with Gasteiger partial charge in [-0.3, -0.25) is 9.59 Å². The van der Waals surface area contributed by atoms with Gasteiger partial charge in [0.25, 0.3) is 11.8 Å². The molecule has 1 amide bonds. The average Bonchev–Trinajstić information content (AvgIpc) is 2.94. The highest BCUT2D eigenvalue weighted by Gasteiger charge is 2.58. The number of H-pyrrole nitrogens is 1. The Morgan fingerprint density at radius 1 is 1.50 bits per heavy atom. The fraction of sp³-hybridized carbons (Fsp3) is 0.375. The van der Waals surface area contributed by atoms with Crippen LogP contribution in [0.2, 0.25) is 0 Å². The molecule has 128 valence electrons. The number of benzene rings is 1. The van der Waals surface area contributed by atoms with E-state index in [1.807, 2.05) is 0 Å². The molecule has 6 nitrogen and oxygen atoms in total. The number of carbonyl (C=O) groups excluding carboxylic acids is 1. The second-order valence-electron chi connectivity index (χ2n) is 5.95. The van der Waals surface area contributed by atoms with Gasteiger partial charge >= 0.3 is 5.97 Å². The van der Waals surface area contributed by atoms with E-state index in [4.69, 9.17) is 10.5 Å². The average molecular weight is 338 g/mol. The molecule has 1 heterocycles. The number of primary amides is 1. The van der Waals surface area contributed by atoms with Crippen molar-refractivity contribution in [1.82, 2.24) is 4.98 Å². The van der Waals surface area contributed by atoms with Gasteiger partial charge in [-0.15, -0.1) is 0 Å². The highest BCUT2D eigenvalue weighted by Crippen LogP contribution is 2.54. The van der Waals surface area contributed by atoms with Crippen molar-refractivity contribution in [3.8, 4) is 5.75 Å². The van der Waals surface area contributed by atoms with Gasteiger partial charge in [0.15, 0.2) is 0 Å². The number of carboxylic acids is 1. The van der Waals surface area contributed by atoms with Crippen LogP contribution in [0.25, 0.3) is 10.9 Å². The highest BCUT2D eigenvalue weighted by atomic mass is 19.3. The molecule has 0 spiro atoms. The Kier molecular flexibility index (Phi) is 3.70. The second-order valence-corrected chi connectivity index (χ2v) is 5.95. The van der Waals surface area contributed by atoms with Crippen molar-refractivity contribution < 1.29 is 28.2 Å². The fourth-order valence-electron chi connectivity index (χ4n) is 3.11. The molecule has 0 bridgehead atoms. The van der Waals surface area contributed by atoms with E-state index in [2.05, 4.69) is 4.98 Å². The lowest BCUT2D eigenvalue weighted by atomic mass is 9.90. The summed E-state index contributed by atoms with van der Waals surface area (Å²) in [5.74, 6) is -6.93. The quantitative estimate of drug-likeness (QED) is 0.752. The Bertz CT molecular complexity index is 831. The summed E-state index contributed by atoms with van der Waals surface area (Å²) < 4.78 is 31.8. The van der Waals surface area contributed by atoms with E-state index in [0.29, 0.717) is 16.7 Å². The number of nitrogens with two attached hydrogens (primary N) is 1. The predicted molar refractivity (Wildman–Crippen MR) is 81.4 cm³/mol. The SMILES string of the molecule is COc1cccc2[nH]c(C(N)=O)c([C@H](CC3CC3(F)F)C(=O)O)c12. The Balaban J connectivity index is 2.18. The zero-order chi connectivity index (χ0) is 17.6. The van der Waals surface area contributed by atoms with Gasteiger partial charge < -0.3 is 20.6 Å². The molecular weight excluding hydrogens is 322 g/mol. The van der Waals surface area contributed by atoms with Crippen LogP contribution in [-0.4, -0.2) is 35.0 Å². The molecule has 4 N–H and O–H groups in total. The standard InChI is InChI=1S/C16H16F2N2O4/c1-24-10-4-2-3-9-12(10)11(13(20-9)14(19)21)8(15(22)23)5-7-6-16(7,17)18/h2-4,7-8,20H,5-6H2,1H3,(H2,19,21)(H,22,23)/t7?,8-/m0/s1. The number of ether oxygens (including phenoxy) is 1. The van der Waals surface area contributed by atoms with Gasteiger partial charge in [0.2, 0.25) is 0 Å². The van der Waals surface area contributed by atoms with Crippen molar-refractivity contribution in [2.45, 2.75) is 24.7 Å². The summed E-state index contributed by atoms with van der Waals surface area (Å²) in [5.41, 5.74) is 5.83. The van der Waals surface area contributed by atoms with Crippen LogP contribution in [0, 0.1) is 5.92 Å². The molecule has 1 unspecified atom stereocenters. The van der Waals surface area contributed by atoms with Crippen molar-refractivity contribution in [1.29, 1.82) is 0 Å².